The molecule has 2 N–H and O–H groups in total. The standard InChI is InChI=1S/C17H21F3N6O.2ClH/c1-25(2)15-4-3-11(17(18,19)20)9-13(15)22-16(27)14-10-26(24-23-14)12-5-7-21-8-6-12;;/h3-4,9-10,12,21H,5-8H2,1-2H3,(H,22,27);2*1H. The van der Waals surface area contributed by atoms with Crippen LogP contribution in [0.15, 0.2) is 24.4 Å². The zero-order valence-electron chi connectivity index (χ0n) is 15.9. The van der Waals surface area contributed by atoms with E-state index in [0.717, 1.165) is 38.1 Å². The van der Waals surface area contributed by atoms with E-state index in [1.807, 2.05) is 0 Å². The summed E-state index contributed by atoms with van der Waals surface area (Å²) in [4.78, 5) is 14.1. The molecule has 0 bridgehead atoms. The third-order valence-corrected chi connectivity index (χ3v) is 4.48. The van der Waals surface area contributed by atoms with E-state index in [-0.39, 0.29) is 42.2 Å². The van der Waals surface area contributed by atoms with E-state index in [9.17, 15) is 18.0 Å². The molecule has 1 aliphatic rings. The van der Waals surface area contributed by atoms with Gasteiger partial charge in [-0.1, -0.05) is 5.21 Å². The number of hydrogen-bond donors (Lipinski definition) is 2. The van der Waals surface area contributed by atoms with Crippen LogP contribution in [0.25, 0.3) is 0 Å². The molecule has 1 amide bonds. The van der Waals surface area contributed by atoms with E-state index in [2.05, 4.69) is 20.9 Å². The Hall–Kier alpha value is -2.04. The van der Waals surface area contributed by atoms with Crippen molar-refractivity contribution in [1.82, 2.24) is 20.3 Å². The number of rotatable bonds is 4. The molecular weight excluding hydrogens is 432 g/mol. The number of amides is 1. The van der Waals surface area contributed by atoms with Gasteiger partial charge in [-0.3, -0.25) is 4.79 Å². The zero-order chi connectivity index (χ0) is 19.6. The second kappa shape index (κ2) is 10.1. The number of benzene rings is 1. The van der Waals surface area contributed by atoms with E-state index in [1.54, 1.807) is 23.7 Å². The van der Waals surface area contributed by atoms with Crippen LogP contribution in [0.2, 0.25) is 0 Å². The molecule has 2 heterocycles. The molecule has 1 saturated heterocycles. The molecule has 1 aliphatic heterocycles. The highest BCUT2D eigenvalue weighted by atomic mass is 35.5. The molecule has 2 aromatic rings. The van der Waals surface area contributed by atoms with Gasteiger partial charge in [0.2, 0.25) is 0 Å². The van der Waals surface area contributed by atoms with Crippen LogP contribution in [0.3, 0.4) is 0 Å². The molecule has 0 unspecified atom stereocenters. The second-order valence-electron chi connectivity index (χ2n) is 6.64. The van der Waals surface area contributed by atoms with E-state index in [4.69, 9.17) is 0 Å². The van der Waals surface area contributed by atoms with Gasteiger partial charge in [-0.25, -0.2) is 4.68 Å². The Morgan fingerprint density at radius 1 is 1.24 bits per heavy atom. The lowest BCUT2D eigenvalue weighted by Gasteiger charge is -2.22. The topological polar surface area (TPSA) is 75.1 Å². The van der Waals surface area contributed by atoms with Gasteiger partial charge in [-0.15, -0.1) is 29.9 Å². The van der Waals surface area contributed by atoms with Crippen LogP contribution in [0, 0.1) is 0 Å². The van der Waals surface area contributed by atoms with Gasteiger partial charge in [0.1, 0.15) is 0 Å². The quantitative estimate of drug-likeness (QED) is 0.740. The largest absolute Gasteiger partial charge is 0.416 e. The van der Waals surface area contributed by atoms with Gasteiger partial charge in [0, 0.05) is 14.1 Å². The van der Waals surface area contributed by atoms with Crippen LogP contribution in [0.5, 0.6) is 0 Å². The minimum absolute atomic E-state index is 0. The summed E-state index contributed by atoms with van der Waals surface area (Å²) in [6.45, 7) is 1.73. The van der Waals surface area contributed by atoms with Crippen molar-refractivity contribution in [3.05, 3.63) is 35.7 Å². The van der Waals surface area contributed by atoms with Gasteiger partial charge in [0.05, 0.1) is 29.2 Å². The predicted molar refractivity (Wildman–Crippen MR) is 109 cm³/mol. The van der Waals surface area contributed by atoms with Gasteiger partial charge < -0.3 is 15.5 Å². The molecule has 0 saturated carbocycles. The van der Waals surface area contributed by atoms with Crippen LogP contribution >= 0.6 is 24.8 Å². The average Bonchev–Trinajstić information content (AvgIpc) is 3.12. The molecule has 3 rings (SSSR count). The number of carbonyl (C=O) groups excluding carboxylic acids is 1. The first-order chi connectivity index (χ1) is 12.8. The molecule has 0 spiro atoms. The fraction of sp³-hybridized carbons (Fsp3) is 0.471. The Morgan fingerprint density at radius 3 is 2.48 bits per heavy atom. The van der Waals surface area contributed by atoms with Crippen molar-refractivity contribution in [2.24, 2.45) is 0 Å². The first-order valence-corrected chi connectivity index (χ1v) is 8.58. The number of anilines is 2. The zero-order valence-corrected chi connectivity index (χ0v) is 17.5. The Morgan fingerprint density at radius 2 is 1.90 bits per heavy atom. The lowest BCUT2D eigenvalue weighted by molar-refractivity contribution is -0.137. The number of carbonyl (C=O) groups is 1. The van der Waals surface area contributed by atoms with Crippen molar-refractivity contribution in [2.75, 3.05) is 37.4 Å². The third-order valence-electron chi connectivity index (χ3n) is 4.48. The second-order valence-corrected chi connectivity index (χ2v) is 6.64. The Balaban J connectivity index is 0.00000210. The van der Waals surface area contributed by atoms with Crippen LogP contribution in [0.4, 0.5) is 24.5 Å². The maximum absolute atomic E-state index is 13.0. The van der Waals surface area contributed by atoms with Gasteiger partial charge in [-0.2, -0.15) is 13.2 Å². The van der Waals surface area contributed by atoms with Crippen molar-refractivity contribution >= 4 is 42.1 Å². The lowest BCUT2D eigenvalue weighted by atomic mass is 10.1. The molecule has 12 heteroatoms. The summed E-state index contributed by atoms with van der Waals surface area (Å²) in [5.41, 5.74) is -0.240. The fourth-order valence-corrected chi connectivity index (χ4v) is 3.02. The first kappa shape index (κ1) is 25.0. The van der Waals surface area contributed by atoms with Crippen molar-refractivity contribution in [3.8, 4) is 0 Å². The number of halogens is 5. The van der Waals surface area contributed by atoms with E-state index < -0.39 is 17.6 Å². The van der Waals surface area contributed by atoms with E-state index in [1.165, 1.54) is 12.3 Å². The molecule has 1 aromatic heterocycles. The molecule has 0 aliphatic carbocycles. The lowest BCUT2D eigenvalue weighted by Crippen LogP contribution is -2.29. The Bertz CT molecular complexity index is 822. The minimum Gasteiger partial charge on any atom is -0.376 e. The van der Waals surface area contributed by atoms with Gasteiger partial charge >= 0.3 is 6.18 Å². The molecule has 1 aromatic carbocycles. The number of nitrogens with one attached hydrogen (secondary N) is 2. The summed E-state index contributed by atoms with van der Waals surface area (Å²) in [7, 11) is 3.37. The summed E-state index contributed by atoms with van der Waals surface area (Å²) in [5, 5.41) is 13.7. The van der Waals surface area contributed by atoms with Crippen LogP contribution in [-0.2, 0) is 6.18 Å². The first-order valence-electron chi connectivity index (χ1n) is 8.58. The number of piperidine rings is 1. The molecular formula is C17H23Cl2F3N6O. The Labute approximate surface area is 178 Å². The summed E-state index contributed by atoms with van der Waals surface area (Å²) in [6, 6.07) is 3.39. The van der Waals surface area contributed by atoms with Crippen molar-refractivity contribution in [2.45, 2.75) is 25.1 Å². The highest BCUT2D eigenvalue weighted by Gasteiger charge is 2.31. The van der Waals surface area contributed by atoms with Crippen molar-refractivity contribution < 1.29 is 18.0 Å². The summed E-state index contributed by atoms with van der Waals surface area (Å²) in [5.74, 6) is -0.599. The minimum atomic E-state index is -4.50. The van der Waals surface area contributed by atoms with Crippen LogP contribution in [0.1, 0.15) is 34.9 Å². The van der Waals surface area contributed by atoms with Gasteiger partial charge in [0.25, 0.3) is 5.91 Å². The number of hydrogen-bond acceptors (Lipinski definition) is 5. The van der Waals surface area contributed by atoms with Crippen molar-refractivity contribution in [3.63, 3.8) is 0 Å². The van der Waals surface area contributed by atoms with E-state index >= 15 is 0 Å². The third kappa shape index (κ3) is 5.97. The summed E-state index contributed by atoms with van der Waals surface area (Å²) >= 11 is 0. The SMILES string of the molecule is CN(C)c1ccc(C(F)(F)F)cc1NC(=O)c1cn(C2CCNCC2)nn1.Cl.Cl. The highest BCUT2D eigenvalue weighted by molar-refractivity contribution is 6.04. The number of nitrogens with zero attached hydrogens (tertiary/aromatic N) is 4. The molecule has 29 heavy (non-hydrogen) atoms. The molecule has 7 nitrogen and oxygen atoms in total. The molecule has 0 atom stereocenters. The highest BCUT2D eigenvalue weighted by Crippen LogP contribution is 2.35. The molecule has 1 fully saturated rings. The number of alkyl halides is 3. The smallest absolute Gasteiger partial charge is 0.376 e. The normalized spacial score (nSPS) is 14.5. The molecule has 162 valence electrons. The average molecular weight is 455 g/mol. The fourth-order valence-electron chi connectivity index (χ4n) is 3.02. The van der Waals surface area contributed by atoms with Gasteiger partial charge in [-0.05, 0) is 44.1 Å². The predicted octanol–water partition coefficient (Wildman–Crippen LogP) is 3.38. The van der Waals surface area contributed by atoms with Gasteiger partial charge in [0.15, 0.2) is 5.69 Å². The summed E-state index contributed by atoms with van der Waals surface area (Å²) in [6.07, 6.45) is -1.21. The molecule has 0 radical (unpaired) electrons. The number of aromatic nitrogens is 3. The van der Waals surface area contributed by atoms with Crippen LogP contribution < -0.4 is 15.5 Å². The Kier molecular flexibility index (Phi) is 8.73. The summed E-state index contributed by atoms with van der Waals surface area (Å²) < 4.78 is 40.7. The maximum atomic E-state index is 13.0. The van der Waals surface area contributed by atoms with Crippen molar-refractivity contribution in [1.29, 1.82) is 0 Å². The van der Waals surface area contributed by atoms with Crippen LogP contribution in [-0.4, -0.2) is 48.1 Å². The maximum Gasteiger partial charge on any atom is 0.416 e. The monoisotopic (exact) mass is 454 g/mol. The van der Waals surface area contributed by atoms with E-state index in [0.29, 0.717) is 5.69 Å².